The number of amides is 1. The molecule has 0 unspecified atom stereocenters. The summed E-state index contributed by atoms with van der Waals surface area (Å²) < 4.78 is 29.6. The van der Waals surface area contributed by atoms with Crippen LogP contribution < -0.4 is 9.64 Å². The lowest BCUT2D eigenvalue weighted by atomic mass is 9.99. The Hall–Kier alpha value is -3.42. The first-order valence-corrected chi connectivity index (χ1v) is 9.38. The Morgan fingerprint density at radius 3 is 2.60 bits per heavy atom. The fraction of sp³-hybridized carbons (Fsp3) is 0.318. The van der Waals surface area contributed by atoms with Gasteiger partial charge in [-0.05, 0) is 45.9 Å². The number of rotatable bonds is 5. The first-order chi connectivity index (χ1) is 14.2. The molecule has 0 saturated carbocycles. The van der Waals surface area contributed by atoms with Crippen molar-refractivity contribution in [2.45, 2.75) is 39.8 Å². The Labute approximate surface area is 174 Å². The van der Waals surface area contributed by atoms with E-state index in [1.165, 1.54) is 24.1 Å². The Morgan fingerprint density at radius 1 is 1.20 bits per heavy atom. The van der Waals surface area contributed by atoms with Crippen molar-refractivity contribution in [3.8, 4) is 16.9 Å². The average Bonchev–Trinajstić information content (AvgIpc) is 3.11. The molecule has 2 heterocycles. The number of carbonyl (C=O) groups excluding carboxylic acids is 1. The van der Waals surface area contributed by atoms with Crippen LogP contribution in [0.4, 0.5) is 14.9 Å². The predicted octanol–water partition coefficient (Wildman–Crippen LogP) is 5.13. The maximum absolute atomic E-state index is 13.7. The van der Waals surface area contributed by atoms with Gasteiger partial charge in [0.2, 0.25) is 0 Å². The molecule has 0 N–H and O–H groups in total. The quantitative estimate of drug-likeness (QED) is 0.577. The van der Waals surface area contributed by atoms with E-state index in [1.807, 2.05) is 20.8 Å². The van der Waals surface area contributed by atoms with Crippen molar-refractivity contribution in [2.75, 3.05) is 12.0 Å². The van der Waals surface area contributed by atoms with E-state index in [9.17, 15) is 9.18 Å². The molecule has 3 rings (SSSR count). The molecule has 30 heavy (non-hydrogen) atoms. The summed E-state index contributed by atoms with van der Waals surface area (Å²) in [7, 11) is 1.47. The smallest absolute Gasteiger partial charge is 0.415 e. The van der Waals surface area contributed by atoms with Crippen molar-refractivity contribution >= 4 is 11.8 Å². The zero-order chi connectivity index (χ0) is 21.9. The Balaban J connectivity index is 2.01. The van der Waals surface area contributed by atoms with Gasteiger partial charge in [-0.1, -0.05) is 5.16 Å². The number of halogens is 1. The van der Waals surface area contributed by atoms with Crippen LogP contribution in [0.3, 0.4) is 0 Å². The van der Waals surface area contributed by atoms with Crippen molar-refractivity contribution in [1.29, 1.82) is 0 Å². The minimum Gasteiger partial charge on any atom is -0.496 e. The number of ether oxygens (including phenoxy) is 2. The number of hydrogen-bond donors (Lipinski definition) is 0. The van der Waals surface area contributed by atoms with E-state index in [2.05, 4.69) is 10.1 Å². The topological polar surface area (TPSA) is 77.7 Å². The first kappa shape index (κ1) is 21.3. The van der Waals surface area contributed by atoms with E-state index in [0.717, 1.165) is 0 Å². The Morgan fingerprint density at radius 2 is 1.97 bits per heavy atom. The number of nitrogens with zero attached hydrogens (tertiary/aromatic N) is 3. The van der Waals surface area contributed by atoms with E-state index in [0.29, 0.717) is 34.0 Å². The summed E-state index contributed by atoms with van der Waals surface area (Å²) in [5, 5.41) is 3.84. The molecule has 2 aromatic heterocycles. The number of methoxy groups -OCH3 is 1. The predicted molar refractivity (Wildman–Crippen MR) is 110 cm³/mol. The highest BCUT2D eigenvalue weighted by molar-refractivity contribution is 5.95. The van der Waals surface area contributed by atoms with Gasteiger partial charge in [0.05, 0.1) is 19.0 Å². The Kier molecular flexibility index (Phi) is 6.05. The maximum Gasteiger partial charge on any atom is 0.415 e. The molecule has 158 valence electrons. The summed E-state index contributed by atoms with van der Waals surface area (Å²) in [5.41, 5.74) is 1.68. The first-order valence-electron chi connectivity index (χ1n) is 9.38. The van der Waals surface area contributed by atoms with Crippen LogP contribution in [0.5, 0.6) is 5.75 Å². The third kappa shape index (κ3) is 4.59. The fourth-order valence-corrected chi connectivity index (χ4v) is 3.10. The number of pyridine rings is 1. The molecular formula is C22H24FN3O4. The van der Waals surface area contributed by atoms with Crippen LogP contribution in [0.25, 0.3) is 11.1 Å². The molecule has 7 nitrogen and oxygen atoms in total. The average molecular weight is 413 g/mol. The van der Waals surface area contributed by atoms with E-state index in [1.54, 1.807) is 37.5 Å². The minimum atomic E-state index is -0.637. The van der Waals surface area contributed by atoms with Crippen LogP contribution >= 0.6 is 0 Å². The van der Waals surface area contributed by atoms with E-state index < -0.39 is 17.4 Å². The summed E-state index contributed by atoms with van der Waals surface area (Å²) in [5.74, 6) is 0.565. The zero-order valence-corrected chi connectivity index (χ0v) is 17.6. The standard InChI is InChI=1S/C22H24FN3O4/c1-14-10-16(25-30-14)13-29-21(27)26(22(2,3)4)19-12-24-9-8-17(19)18-7-6-15(23)11-20(18)28-5/h6-12H,13H2,1-5H3. The van der Waals surface area contributed by atoms with Gasteiger partial charge in [-0.2, -0.15) is 0 Å². The molecule has 3 aromatic rings. The number of carbonyl (C=O) groups is 1. The van der Waals surface area contributed by atoms with Gasteiger partial charge in [0, 0.05) is 35.0 Å². The van der Waals surface area contributed by atoms with Gasteiger partial charge in [0.15, 0.2) is 0 Å². The second-order valence-corrected chi connectivity index (χ2v) is 7.73. The lowest BCUT2D eigenvalue weighted by molar-refractivity contribution is 0.139. The summed E-state index contributed by atoms with van der Waals surface area (Å²) in [6, 6.07) is 7.70. The second-order valence-electron chi connectivity index (χ2n) is 7.73. The number of aromatic nitrogens is 2. The van der Waals surface area contributed by atoms with Crippen LogP contribution in [0.1, 0.15) is 32.2 Å². The molecule has 0 radical (unpaired) electrons. The van der Waals surface area contributed by atoms with Gasteiger partial charge in [0.25, 0.3) is 0 Å². The molecule has 0 aliphatic rings. The third-order valence-corrected chi connectivity index (χ3v) is 4.37. The number of aryl methyl sites for hydroxylation is 1. The monoisotopic (exact) mass is 413 g/mol. The van der Waals surface area contributed by atoms with Crippen LogP contribution in [0.15, 0.2) is 47.2 Å². The summed E-state index contributed by atoms with van der Waals surface area (Å²) in [4.78, 5) is 18.8. The molecule has 0 fully saturated rings. The highest BCUT2D eigenvalue weighted by atomic mass is 19.1. The molecule has 1 amide bonds. The third-order valence-electron chi connectivity index (χ3n) is 4.37. The normalized spacial score (nSPS) is 11.3. The van der Waals surface area contributed by atoms with Crippen molar-refractivity contribution in [3.05, 3.63) is 60.0 Å². The summed E-state index contributed by atoms with van der Waals surface area (Å²) >= 11 is 0. The van der Waals surface area contributed by atoms with E-state index in [-0.39, 0.29) is 6.61 Å². The van der Waals surface area contributed by atoms with Crippen LogP contribution in [0.2, 0.25) is 0 Å². The highest BCUT2D eigenvalue weighted by Crippen LogP contribution is 2.39. The summed E-state index contributed by atoms with van der Waals surface area (Å²) in [6.07, 6.45) is 2.61. The van der Waals surface area contributed by atoms with Crippen molar-refractivity contribution in [3.63, 3.8) is 0 Å². The van der Waals surface area contributed by atoms with Crippen LogP contribution in [-0.4, -0.2) is 28.9 Å². The fourth-order valence-electron chi connectivity index (χ4n) is 3.10. The zero-order valence-electron chi connectivity index (χ0n) is 17.6. The summed E-state index contributed by atoms with van der Waals surface area (Å²) in [6.45, 7) is 7.38. The van der Waals surface area contributed by atoms with Gasteiger partial charge >= 0.3 is 6.09 Å². The highest BCUT2D eigenvalue weighted by Gasteiger charge is 2.32. The molecule has 1 aromatic carbocycles. The van der Waals surface area contributed by atoms with Gasteiger partial charge in [0.1, 0.15) is 29.6 Å². The largest absolute Gasteiger partial charge is 0.496 e. The second kappa shape index (κ2) is 8.52. The molecule has 8 heteroatoms. The van der Waals surface area contributed by atoms with Crippen LogP contribution in [-0.2, 0) is 11.3 Å². The number of anilines is 1. The molecule has 0 aliphatic heterocycles. The van der Waals surface area contributed by atoms with Gasteiger partial charge < -0.3 is 14.0 Å². The lowest BCUT2D eigenvalue weighted by Gasteiger charge is -2.35. The van der Waals surface area contributed by atoms with E-state index >= 15 is 0 Å². The number of benzene rings is 1. The van der Waals surface area contributed by atoms with Gasteiger partial charge in [-0.15, -0.1) is 0 Å². The van der Waals surface area contributed by atoms with Crippen molar-refractivity contribution < 1.29 is 23.2 Å². The van der Waals surface area contributed by atoms with E-state index in [4.69, 9.17) is 14.0 Å². The van der Waals surface area contributed by atoms with Gasteiger partial charge in [-0.3, -0.25) is 9.88 Å². The molecule has 0 atom stereocenters. The van der Waals surface area contributed by atoms with Crippen molar-refractivity contribution in [1.82, 2.24) is 10.1 Å². The SMILES string of the molecule is COc1cc(F)ccc1-c1ccncc1N(C(=O)OCc1cc(C)on1)C(C)(C)C. The maximum atomic E-state index is 13.7. The van der Waals surface area contributed by atoms with Crippen molar-refractivity contribution in [2.24, 2.45) is 0 Å². The lowest BCUT2D eigenvalue weighted by Crippen LogP contribution is -2.46. The number of hydrogen-bond acceptors (Lipinski definition) is 6. The molecule has 0 bridgehead atoms. The molecular weight excluding hydrogens is 389 g/mol. The molecule has 0 saturated heterocycles. The van der Waals surface area contributed by atoms with Crippen LogP contribution in [0, 0.1) is 12.7 Å². The van der Waals surface area contributed by atoms with Gasteiger partial charge in [-0.25, -0.2) is 9.18 Å². The molecule has 0 aliphatic carbocycles. The molecule has 0 spiro atoms. The minimum absolute atomic E-state index is 0.0295. The Bertz CT molecular complexity index is 1040.